The molecule has 1 atom stereocenters. The van der Waals surface area contributed by atoms with Gasteiger partial charge >= 0.3 is 0 Å². The highest BCUT2D eigenvalue weighted by atomic mass is 32.2. The molecule has 2 aromatic rings. The molecule has 0 spiro atoms. The Balaban J connectivity index is 1.95. The van der Waals surface area contributed by atoms with Gasteiger partial charge in [-0.25, -0.2) is 4.98 Å². The van der Waals surface area contributed by atoms with E-state index in [1.165, 1.54) is 37.9 Å². The van der Waals surface area contributed by atoms with Crippen LogP contribution in [0.1, 0.15) is 52.6 Å². The molecule has 0 aliphatic carbocycles. The Kier molecular flexibility index (Phi) is 5.76. The summed E-state index contributed by atoms with van der Waals surface area (Å²) >= 11 is 1.50. The highest BCUT2D eigenvalue weighted by Crippen LogP contribution is 2.38. The second-order valence-electron chi connectivity index (χ2n) is 6.44. The van der Waals surface area contributed by atoms with E-state index in [2.05, 4.69) is 17.0 Å². The molecular formula is C19H24N4O2S. The number of benzene rings is 1. The summed E-state index contributed by atoms with van der Waals surface area (Å²) in [6.45, 7) is 5.59. The quantitative estimate of drug-likeness (QED) is 0.443. The number of carbonyl (C=O) groups is 1. The molecule has 0 N–H and O–H groups in total. The smallest absolute Gasteiger partial charge is 0.263 e. The van der Waals surface area contributed by atoms with Crippen LogP contribution in [0.15, 0.2) is 29.4 Å². The minimum atomic E-state index is -0.368. The Morgan fingerprint density at radius 2 is 2.08 bits per heavy atom. The van der Waals surface area contributed by atoms with Crippen LogP contribution in [-0.4, -0.2) is 21.7 Å². The zero-order chi connectivity index (χ0) is 18.7. The van der Waals surface area contributed by atoms with E-state index in [0.29, 0.717) is 16.4 Å². The van der Waals surface area contributed by atoms with Gasteiger partial charge in [0.15, 0.2) is 0 Å². The van der Waals surface area contributed by atoms with E-state index in [4.69, 9.17) is 0 Å². The minimum Gasteiger partial charge on any atom is -0.854 e. The van der Waals surface area contributed by atoms with Gasteiger partial charge in [0, 0.05) is 24.7 Å². The van der Waals surface area contributed by atoms with Crippen molar-refractivity contribution >= 4 is 23.4 Å². The van der Waals surface area contributed by atoms with Gasteiger partial charge in [-0.15, -0.1) is 0 Å². The maximum atomic E-state index is 12.7. The van der Waals surface area contributed by atoms with Crippen LogP contribution in [0, 0.1) is 0 Å². The van der Waals surface area contributed by atoms with Crippen molar-refractivity contribution < 1.29 is 14.6 Å². The Morgan fingerprint density at radius 1 is 1.31 bits per heavy atom. The molecule has 1 aliphatic heterocycles. The Labute approximate surface area is 158 Å². The topological polar surface area (TPSA) is 73.0 Å². The standard InChI is InChI=1S/C19H24N4O2S/c1-4-5-6-9-12-26-19-20-18(25)17-15-10-7-8-11-16(15)22(14(3)24)13(2)23(17)21-19/h7-8,10-11,13H,4-6,9,12H2,1-3H3. The van der Waals surface area contributed by atoms with Gasteiger partial charge in [0.25, 0.3) is 17.0 Å². The first kappa shape index (κ1) is 18.6. The number of carbonyl (C=O) groups excluding carboxylic acids is 1. The van der Waals surface area contributed by atoms with Crippen LogP contribution in [0.25, 0.3) is 11.3 Å². The summed E-state index contributed by atoms with van der Waals surface area (Å²) in [4.78, 5) is 18.1. The first-order valence-electron chi connectivity index (χ1n) is 9.07. The Bertz CT molecular complexity index is 812. The molecule has 3 rings (SSSR count). The van der Waals surface area contributed by atoms with Crippen molar-refractivity contribution in [3.63, 3.8) is 0 Å². The number of para-hydroxylation sites is 1. The van der Waals surface area contributed by atoms with Gasteiger partial charge < -0.3 is 5.11 Å². The predicted molar refractivity (Wildman–Crippen MR) is 99.8 cm³/mol. The fourth-order valence-corrected chi connectivity index (χ4v) is 4.12. The van der Waals surface area contributed by atoms with Crippen LogP contribution in [0.4, 0.5) is 5.69 Å². The van der Waals surface area contributed by atoms with Crippen molar-refractivity contribution in [1.29, 1.82) is 0 Å². The van der Waals surface area contributed by atoms with E-state index >= 15 is 0 Å². The van der Waals surface area contributed by atoms with E-state index in [-0.39, 0.29) is 18.0 Å². The lowest BCUT2D eigenvalue weighted by atomic mass is 10.0. The number of anilines is 1. The van der Waals surface area contributed by atoms with Crippen molar-refractivity contribution in [3.05, 3.63) is 24.3 Å². The highest BCUT2D eigenvalue weighted by Gasteiger charge is 2.39. The molecule has 0 fully saturated rings. The van der Waals surface area contributed by atoms with Gasteiger partial charge in [-0.05, 0) is 18.6 Å². The molecule has 7 heteroatoms. The summed E-state index contributed by atoms with van der Waals surface area (Å²) in [5.74, 6) is 0.515. The zero-order valence-corrected chi connectivity index (χ0v) is 16.3. The van der Waals surface area contributed by atoms with E-state index < -0.39 is 0 Å². The largest absolute Gasteiger partial charge is 0.854 e. The molecule has 1 aromatic heterocycles. The fourth-order valence-electron chi connectivity index (χ4n) is 3.29. The Morgan fingerprint density at radius 3 is 2.81 bits per heavy atom. The predicted octanol–water partition coefficient (Wildman–Crippen LogP) is 3.06. The Hall–Kier alpha value is -2.15. The second-order valence-corrected chi connectivity index (χ2v) is 7.50. The first-order valence-corrected chi connectivity index (χ1v) is 10.1. The van der Waals surface area contributed by atoms with E-state index in [0.717, 1.165) is 17.9 Å². The molecule has 1 amide bonds. The molecular weight excluding hydrogens is 348 g/mol. The first-order chi connectivity index (χ1) is 12.5. The summed E-state index contributed by atoms with van der Waals surface area (Å²) in [5, 5.41) is 17.8. The molecule has 1 unspecified atom stereocenters. The number of nitrogens with zero attached hydrogens (tertiary/aromatic N) is 4. The summed E-state index contributed by atoms with van der Waals surface area (Å²) in [6.07, 6.45) is 4.30. The number of fused-ring (bicyclic) bond motifs is 3. The van der Waals surface area contributed by atoms with Crippen molar-refractivity contribution in [2.75, 3.05) is 10.7 Å². The molecule has 0 saturated heterocycles. The van der Waals surface area contributed by atoms with Crippen LogP contribution < -0.4 is 14.7 Å². The summed E-state index contributed by atoms with van der Waals surface area (Å²) in [6, 6.07) is 7.41. The minimum absolute atomic E-state index is 0.0806. The number of rotatable bonds is 6. The maximum absolute atomic E-state index is 12.7. The number of unbranched alkanes of at least 4 members (excludes halogenated alkanes) is 3. The number of amides is 1. The maximum Gasteiger partial charge on any atom is 0.263 e. The monoisotopic (exact) mass is 372 g/mol. The number of hydrogen-bond donors (Lipinski definition) is 0. The third kappa shape index (κ3) is 3.53. The van der Waals surface area contributed by atoms with E-state index in [1.54, 1.807) is 9.58 Å². The van der Waals surface area contributed by atoms with Crippen molar-refractivity contribution in [2.24, 2.45) is 0 Å². The van der Waals surface area contributed by atoms with Crippen molar-refractivity contribution in [3.8, 4) is 17.1 Å². The van der Waals surface area contributed by atoms with Gasteiger partial charge in [-0.2, -0.15) is 0 Å². The molecule has 6 nitrogen and oxygen atoms in total. The summed E-state index contributed by atoms with van der Waals surface area (Å²) in [7, 11) is 0. The molecule has 138 valence electrons. The van der Waals surface area contributed by atoms with Crippen molar-refractivity contribution in [1.82, 2.24) is 10.1 Å². The number of hydrogen-bond acceptors (Lipinski definition) is 5. The number of aromatic nitrogens is 3. The molecule has 1 aliphatic rings. The van der Waals surface area contributed by atoms with E-state index in [1.807, 2.05) is 31.2 Å². The third-order valence-electron chi connectivity index (χ3n) is 4.54. The lowest BCUT2D eigenvalue weighted by Crippen LogP contribution is -2.57. The highest BCUT2D eigenvalue weighted by molar-refractivity contribution is 7.99. The second kappa shape index (κ2) is 8.03. The lowest BCUT2D eigenvalue weighted by molar-refractivity contribution is -0.769. The van der Waals surface area contributed by atoms with Crippen molar-refractivity contribution in [2.45, 2.75) is 57.8 Å². The molecule has 26 heavy (non-hydrogen) atoms. The molecule has 0 bridgehead atoms. The van der Waals surface area contributed by atoms with Gasteiger partial charge in [0.2, 0.25) is 5.91 Å². The van der Waals surface area contributed by atoms with Crippen LogP contribution in [0.5, 0.6) is 5.88 Å². The molecule has 1 aromatic carbocycles. The van der Waals surface area contributed by atoms with Crippen LogP contribution >= 0.6 is 11.8 Å². The SMILES string of the molecule is CCCCCCSc1nc([O-])c2[n+](n1)C(C)N(C(C)=O)c1ccccc1-2. The van der Waals surface area contributed by atoms with E-state index in [9.17, 15) is 9.90 Å². The van der Waals surface area contributed by atoms with Crippen LogP contribution in [-0.2, 0) is 4.79 Å². The summed E-state index contributed by atoms with van der Waals surface area (Å²) < 4.78 is 1.65. The molecule has 0 saturated carbocycles. The number of thioether (sulfide) groups is 1. The van der Waals surface area contributed by atoms with Gasteiger partial charge in [0.1, 0.15) is 0 Å². The zero-order valence-electron chi connectivity index (χ0n) is 15.4. The average Bonchev–Trinajstić information content (AvgIpc) is 2.61. The fraction of sp³-hybridized carbons (Fsp3) is 0.474. The van der Waals surface area contributed by atoms with Gasteiger partial charge in [-0.3, -0.25) is 9.69 Å². The average molecular weight is 372 g/mol. The van der Waals surface area contributed by atoms with Gasteiger partial charge in [0.05, 0.1) is 17.1 Å². The van der Waals surface area contributed by atoms with Crippen LogP contribution in [0.2, 0.25) is 0 Å². The van der Waals surface area contributed by atoms with Gasteiger partial charge in [-0.1, -0.05) is 54.8 Å². The third-order valence-corrected chi connectivity index (χ3v) is 5.46. The lowest BCUT2D eigenvalue weighted by Gasteiger charge is -2.30. The normalized spacial score (nSPS) is 15.5. The molecule has 0 radical (unpaired) electrons. The van der Waals surface area contributed by atoms with Crippen LogP contribution in [0.3, 0.4) is 0 Å². The summed E-state index contributed by atoms with van der Waals surface area (Å²) in [5.41, 5.74) is 1.87. The molecule has 2 heterocycles.